The Kier molecular flexibility index (Phi) is 5.67. The first-order valence-corrected chi connectivity index (χ1v) is 8.34. The van der Waals surface area contributed by atoms with Crippen molar-refractivity contribution >= 4 is 28.5 Å². The van der Waals surface area contributed by atoms with E-state index in [1.165, 1.54) is 25.7 Å². The van der Waals surface area contributed by atoms with Crippen molar-refractivity contribution in [3.8, 4) is 0 Å². The van der Waals surface area contributed by atoms with Crippen molar-refractivity contribution in [1.82, 2.24) is 5.32 Å². The van der Waals surface area contributed by atoms with E-state index < -0.39 is 0 Å². The molecule has 0 spiro atoms. The molecule has 1 fully saturated rings. The van der Waals surface area contributed by atoms with Gasteiger partial charge in [-0.05, 0) is 66.3 Å². The normalized spacial score (nSPS) is 23.1. The molecule has 1 aliphatic rings. The van der Waals surface area contributed by atoms with Crippen LogP contribution in [0.2, 0.25) is 0 Å². The molecule has 2 rings (SSSR count). The van der Waals surface area contributed by atoms with E-state index in [0.717, 1.165) is 27.9 Å². The summed E-state index contributed by atoms with van der Waals surface area (Å²) in [4.78, 5) is 12.2. The lowest BCUT2D eigenvalue weighted by atomic mass is 9.83. The number of rotatable bonds is 4. The number of carbonyl (C=O) groups is 1. The number of amides is 1. The Labute approximate surface area is 129 Å². The predicted molar refractivity (Wildman–Crippen MR) is 87.3 cm³/mol. The molecule has 0 aromatic heterocycles. The highest BCUT2D eigenvalue weighted by molar-refractivity contribution is 14.1. The Morgan fingerprint density at radius 1 is 1.26 bits per heavy atom. The van der Waals surface area contributed by atoms with Crippen LogP contribution in [0.25, 0.3) is 0 Å². The molecule has 0 radical (unpaired) electrons. The van der Waals surface area contributed by atoms with Gasteiger partial charge in [-0.25, -0.2) is 0 Å². The van der Waals surface area contributed by atoms with E-state index in [0.29, 0.717) is 6.04 Å². The Bertz CT molecular complexity index is 425. The molecule has 1 aliphatic carbocycles. The van der Waals surface area contributed by atoms with Crippen LogP contribution in [0, 0.1) is 9.49 Å². The standard InChI is InChI=1S/C16H22INO/c1-2-5-12-8-10-13(11-9-12)18-16(19)14-6-3-4-7-15(14)17/h3-4,6-7,12-13H,2,5,8-11H2,1H3,(H,18,19). The summed E-state index contributed by atoms with van der Waals surface area (Å²) in [7, 11) is 0. The number of hydrogen-bond acceptors (Lipinski definition) is 1. The molecule has 0 bridgehead atoms. The van der Waals surface area contributed by atoms with Crippen molar-refractivity contribution in [2.75, 3.05) is 0 Å². The summed E-state index contributed by atoms with van der Waals surface area (Å²) in [5, 5.41) is 3.19. The molecule has 19 heavy (non-hydrogen) atoms. The van der Waals surface area contributed by atoms with Crippen LogP contribution >= 0.6 is 22.6 Å². The number of benzene rings is 1. The van der Waals surface area contributed by atoms with Crippen LogP contribution in [0.3, 0.4) is 0 Å². The smallest absolute Gasteiger partial charge is 0.252 e. The second-order valence-corrected chi connectivity index (χ2v) is 6.62. The third-order valence-corrected chi connectivity index (χ3v) is 4.94. The second kappa shape index (κ2) is 7.27. The van der Waals surface area contributed by atoms with E-state index in [9.17, 15) is 4.79 Å². The van der Waals surface area contributed by atoms with Gasteiger partial charge < -0.3 is 5.32 Å². The maximum atomic E-state index is 12.2. The lowest BCUT2D eigenvalue weighted by molar-refractivity contribution is 0.0920. The fraction of sp³-hybridized carbons (Fsp3) is 0.562. The minimum Gasteiger partial charge on any atom is -0.349 e. The molecule has 104 valence electrons. The van der Waals surface area contributed by atoms with Crippen LogP contribution in [0.5, 0.6) is 0 Å². The van der Waals surface area contributed by atoms with Crippen LogP contribution in [0.1, 0.15) is 55.8 Å². The average molecular weight is 371 g/mol. The Hall–Kier alpha value is -0.580. The van der Waals surface area contributed by atoms with E-state index in [-0.39, 0.29) is 5.91 Å². The highest BCUT2D eigenvalue weighted by Gasteiger charge is 2.22. The molecule has 1 saturated carbocycles. The van der Waals surface area contributed by atoms with Crippen LogP contribution < -0.4 is 5.32 Å². The molecule has 2 nitrogen and oxygen atoms in total. The first-order chi connectivity index (χ1) is 9.20. The fourth-order valence-electron chi connectivity index (χ4n) is 2.91. The first-order valence-electron chi connectivity index (χ1n) is 7.26. The highest BCUT2D eigenvalue weighted by atomic mass is 127. The third kappa shape index (κ3) is 4.20. The molecule has 0 saturated heterocycles. The molecule has 3 heteroatoms. The maximum absolute atomic E-state index is 12.2. The van der Waals surface area contributed by atoms with Gasteiger partial charge in [0.1, 0.15) is 0 Å². The van der Waals surface area contributed by atoms with Crippen molar-refractivity contribution in [3.05, 3.63) is 33.4 Å². The monoisotopic (exact) mass is 371 g/mol. The average Bonchev–Trinajstić information content (AvgIpc) is 2.42. The molecular formula is C16H22INO. The van der Waals surface area contributed by atoms with Crippen molar-refractivity contribution < 1.29 is 4.79 Å². The second-order valence-electron chi connectivity index (χ2n) is 5.46. The van der Waals surface area contributed by atoms with Gasteiger partial charge in [-0.15, -0.1) is 0 Å². The summed E-state index contributed by atoms with van der Waals surface area (Å²) in [6.45, 7) is 2.26. The van der Waals surface area contributed by atoms with Crippen LogP contribution in [-0.4, -0.2) is 11.9 Å². The van der Waals surface area contributed by atoms with E-state index in [2.05, 4.69) is 34.8 Å². The molecule has 0 heterocycles. The van der Waals surface area contributed by atoms with E-state index in [1.54, 1.807) is 0 Å². The summed E-state index contributed by atoms with van der Waals surface area (Å²) < 4.78 is 1.03. The van der Waals surface area contributed by atoms with Gasteiger partial charge in [0.2, 0.25) is 0 Å². The van der Waals surface area contributed by atoms with Crippen molar-refractivity contribution in [1.29, 1.82) is 0 Å². The van der Waals surface area contributed by atoms with E-state index in [4.69, 9.17) is 0 Å². The van der Waals surface area contributed by atoms with Crippen molar-refractivity contribution in [3.63, 3.8) is 0 Å². The molecule has 1 aromatic carbocycles. The molecule has 1 N–H and O–H groups in total. The van der Waals surface area contributed by atoms with Crippen LogP contribution in [0.15, 0.2) is 24.3 Å². The summed E-state index contributed by atoms with van der Waals surface area (Å²) in [6.07, 6.45) is 7.44. The zero-order valence-corrected chi connectivity index (χ0v) is 13.7. The first kappa shape index (κ1) is 14.8. The number of halogens is 1. The summed E-state index contributed by atoms with van der Waals surface area (Å²) in [5.74, 6) is 0.971. The minimum atomic E-state index is 0.0870. The van der Waals surface area contributed by atoms with Crippen LogP contribution in [0.4, 0.5) is 0 Å². The number of nitrogens with one attached hydrogen (secondary N) is 1. The van der Waals surface area contributed by atoms with Gasteiger partial charge in [0.25, 0.3) is 5.91 Å². The molecule has 0 aliphatic heterocycles. The number of carbonyl (C=O) groups excluding carboxylic acids is 1. The maximum Gasteiger partial charge on any atom is 0.252 e. The highest BCUT2D eigenvalue weighted by Crippen LogP contribution is 2.28. The van der Waals surface area contributed by atoms with Gasteiger partial charge in [-0.1, -0.05) is 31.9 Å². The van der Waals surface area contributed by atoms with Crippen molar-refractivity contribution in [2.45, 2.75) is 51.5 Å². The molecule has 0 atom stereocenters. The summed E-state index contributed by atoms with van der Waals surface area (Å²) in [6, 6.07) is 8.15. The summed E-state index contributed by atoms with van der Waals surface area (Å²) in [5.41, 5.74) is 0.804. The van der Waals surface area contributed by atoms with Crippen molar-refractivity contribution in [2.24, 2.45) is 5.92 Å². The van der Waals surface area contributed by atoms with Crippen LogP contribution in [-0.2, 0) is 0 Å². The minimum absolute atomic E-state index is 0.0870. The van der Waals surface area contributed by atoms with Gasteiger partial charge in [0.05, 0.1) is 5.56 Å². The lowest BCUT2D eigenvalue weighted by Gasteiger charge is -2.29. The van der Waals surface area contributed by atoms with Gasteiger partial charge in [-0.3, -0.25) is 4.79 Å². The molecular weight excluding hydrogens is 349 g/mol. The quantitative estimate of drug-likeness (QED) is 0.782. The van der Waals surface area contributed by atoms with Gasteiger partial charge >= 0.3 is 0 Å². The zero-order valence-electron chi connectivity index (χ0n) is 11.5. The SMILES string of the molecule is CCCC1CCC(NC(=O)c2ccccc2I)CC1. The third-order valence-electron chi connectivity index (χ3n) is 4.00. The van der Waals surface area contributed by atoms with Gasteiger partial charge in [0.15, 0.2) is 0 Å². The zero-order chi connectivity index (χ0) is 13.7. The fourth-order valence-corrected chi connectivity index (χ4v) is 3.54. The largest absolute Gasteiger partial charge is 0.349 e. The summed E-state index contributed by atoms with van der Waals surface area (Å²) >= 11 is 2.22. The van der Waals surface area contributed by atoms with Gasteiger partial charge in [0, 0.05) is 9.61 Å². The molecule has 1 amide bonds. The number of hydrogen-bond donors (Lipinski definition) is 1. The topological polar surface area (TPSA) is 29.1 Å². The Morgan fingerprint density at radius 2 is 1.95 bits per heavy atom. The lowest BCUT2D eigenvalue weighted by Crippen LogP contribution is -2.37. The predicted octanol–water partition coefficient (Wildman–Crippen LogP) is 4.38. The van der Waals surface area contributed by atoms with E-state index in [1.807, 2.05) is 24.3 Å². The Morgan fingerprint density at radius 3 is 2.58 bits per heavy atom. The van der Waals surface area contributed by atoms with Gasteiger partial charge in [-0.2, -0.15) is 0 Å². The molecule has 0 unspecified atom stereocenters. The Balaban J connectivity index is 1.86. The van der Waals surface area contributed by atoms with E-state index >= 15 is 0 Å². The molecule has 1 aromatic rings.